The molecule has 1 unspecified atom stereocenters. The number of hydrogen-bond donors (Lipinski definition) is 1. The fourth-order valence-corrected chi connectivity index (χ4v) is 4.04. The Bertz CT molecular complexity index is 666. The first-order valence-corrected chi connectivity index (χ1v) is 9.62. The van der Waals surface area contributed by atoms with Gasteiger partial charge >= 0.3 is 0 Å². The smallest absolute Gasteiger partial charge is 0.224 e. The van der Waals surface area contributed by atoms with Gasteiger partial charge in [0.1, 0.15) is 5.25 Å². The molecule has 2 fully saturated rings. The zero-order chi connectivity index (χ0) is 16.4. The van der Waals surface area contributed by atoms with E-state index in [0.29, 0.717) is 6.54 Å². The molecule has 0 saturated carbocycles. The topological polar surface area (TPSA) is 83.7 Å². The van der Waals surface area contributed by atoms with Crippen LogP contribution in [-0.2, 0) is 27.9 Å². The summed E-state index contributed by atoms with van der Waals surface area (Å²) in [4.78, 5) is 15.9. The van der Waals surface area contributed by atoms with E-state index in [1.54, 1.807) is 4.90 Å². The van der Waals surface area contributed by atoms with Gasteiger partial charge in [0.15, 0.2) is 0 Å². The molecule has 126 valence electrons. The largest absolute Gasteiger partial charge is 0.337 e. The van der Waals surface area contributed by atoms with Crippen molar-refractivity contribution in [2.24, 2.45) is 5.14 Å². The highest BCUT2D eigenvalue weighted by atomic mass is 32.2. The van der Waals surface area contributed by atoms with Crippen molar-refractivity contribution in [2.45, 2.75) is 37.6 Å². The fourth-order valence-electron chi connectivity index (χ4n) is 3.28. The zero-order valence-electron chi connectivity index (χ0n) is 13.1. The van der Waals surface area contributed by atoms with Crippen molar-refractivity contribution in [1.29, 1.82) is 0 Å². The van der Waals surface area contributed by atoms with Crippen molar-refractivity contribution in [1.82, 2.24) is 9.80 Å². The summed E-state index contributed by atoms with van der Waals surface area (Å²) in [6.07, 6.45) is 2.55. The van der Waals surface area contributed by atoms with Gasteiger partial charge in [0.25, 0.3) is 0 Å². The van der Waals surface area contributed by atoms with E-state index in [2.05, 4.69) is 17.0 Å². The lowest BCUT2D eigenvalue weighted by Crippen LogP contribution is -2.31. The number of rotatable bonds is 5. The highest BCUT2D eigenvalue weighted by Gasteiger charge is 2.36. The third-order valence-electron chi connectivity index (χ3n) is 4.64. The molecule has 2 N–H and O–H groups in total. The van der Waals surface area contributed by atoms with Crippen LogP contribution in [0, 0.1) is 0 Å². The van der Waals surface area contributed by atoms with Crippen molar-refractivity contribution < 1.29 is 13.2 Å². The Morgan fingerprint density at radius 3 is 2.13 bits per heavy atom. The maximum atomic E-state index is 11.9. The van der Waals surface area contributed by atoms with Gasteiger partial charge in [-0.05, 0) is 37.1 Å². The summed E-state index contributed by atoms with van der Waals surface area (Å²) < 4.78 is 22.8. The Kier molecular flexibility index (Phi) is 4.70. The van der Waals surface area contributed by atoms with Crippen LogP contribution in [0.15, 0.2) is 24.3 Å². The number of carbonyl (C=O) groups excluding carboxylic acids is 1. The average molecular weight is 337 g/mol. The second kappa shape index (κ2) is 6.59. The van der Waals surface area contributed by atoms with Gasteiger partial charge < -0.3 is 4.90 Å². The summed E-state index contributed by atoms with van der Waals surface area (Å²) in [5.41, 5.74) is 2.28. The molecule has 0 aliphatic carbocycles. The van der Waals surface area contributed by atoms with Crippen molar-refractivity contribution in [3.05, 3.63) is 35.4 Å². The molecule has 2 saturated heterocycles. The molecule has 0 bridgehead atoms. The van der Waals surface area contributed by atoms with Crippen LogP contribution < -0.4 is 5.14 Å². The van der Waals surface area contributed by atoms with Gasteiger partial charge in [-0.15, -0.1) is 0 Å². The van der Waals surface area contributed by atoms with Crippen LogP contribution in [0.4, 0.5) is 0 Å². The Morgan fingerprint density at radius 1 is 1.04 bits per heavy atom. The summed E-state index contributed by atoms with van der Waals surface area (Å²) in [5.74, 6) is -0.148. The quantitative estimate of drug-likeness (QED) is 0.856. The highest BCUT2D eigenvalue weighted by Crippen LogP contribution is 2.20. The molecule has 1 atom stereocenters. The van der Waals surface area contributed by atoms with Gasteiger partial charge in [-0.3, -0.25) is 9.69 Å². The lowest BCUT2D eigenvalue weighted by atomic mass is 10.1. The van der Waals surface area contributed by atoms with E-state index in [1.165, 1.54) is 31.5 Å². The fraction of sp³-hybridized carbons (Fsp3) is 0.562. The minimum atomic E-state index is -3.65. The van der Waals surface area contributed by atoms with E-state index in [9.17, 15) is 13.2 Å². The summed E-state index contributed by atoms with van der Waals surface area (Å²) >= 11 is 0. The number of nitrogens with zero attached hydrogens (tertiary/aromatic N) is 2. The number of carbonyl (C=O) groups is 1. The summed E-state index contributed by atoms with van der Waals surface area (Å²) in [6.45, 7) is 3.93. The number of likely N-dealkylation sites (tertiary alicyclic amines) is 2. The molecule has 7 heteroatoms. The van der Waals surface area contributed by atoms with E-state index in [-0.39, 0.29) is 18.9 Å². The first-order chi connectivity index (χ1) is 10.9. The predicted molar refractivity (Wildman–Crippen MR) is 87.9 cm³/mol. The van der Waals surface area contributed by atoms with Gasteiger partial charge in [-0.25, -0.2) is 13.6 Å². The molecular formula is C16H23N3O3S. The first kappa shape index (κ1) is 16.4. The van der Waals surface area contributed by atoms with E-state index in [4.69, 9.17) is 5.14 Å². The summed E-state index contributed by atoms with van der Waals surface area (Å²) in [6, 6.07) is 8.21. The number of benzene rings is 1. The number of sulfonamides is 1. The normalized spacial score (nSPS) is 22.9. The van der Waals surface area contributed by atoms with Gasteiger partial charge in [-0.2, -0.15) is 0 Å². The monoisotopic (exact) mass is 337 g/mol. The number of nitrogens with two attached hydrogens (primary N) is 1. The van der Waals surface area contributed by atoms with Gasteiger partial charge in [0.2, 0.25) is 15.9 Å². The Labute approximate surface area is 137 Å². The molecule has 1 aromatic carbocycles. The van der Waals surface area contributed by atoms with Crippen LogP contribution in [0.2, 0.25) is 0 Å². The van der Waals surface area contributed by atoms with E-state index in [1.807, 2.05) is 12.1 Å². The Morgan fingerprint density at radius 2 is 1.61 bits per heavy atom. The second-order valence-electron chi connectivity index (χ2n) is 6.49. The maximum Gasteiger partial charge on any atom is 0.224 e. The number of hydrogen-bond acceptors (Lipinski definition) is 4. The Balaban J connectivity index is 1.59. The van der Waals surface area contributed by atoms with Crippen molar-refractivity contribution >= 4 is 15.9 Å². The van der Waals surface area contributed by atoms with Gasteiger partial charge in [-0.1, -0.05) is 24.3 Å². The van der Waals surface area contributed by atoms with Crippen LogP contribution >= 0.6 is 0 Å². The number of primary sulfonamides is 1. The Hall–Kier alpha value is -1.44. The minimum Gasteiger partial charge on any atom is -0.337 e. The zero-order valence-corrected chi connectivity index (χ0v) is 14.0. The summed E-state index contributed by atoms with van der Waals surface area (Å²) in [5, 5.41) is 4.37. The molecular weight excluding hydrogens is 314 g/mol. The minimum absolute atomic E-state index is 0.00806. The molecule has 6 nitrogen and oxygen atoms in total. The maximum absolute atomic E-state index is 11.9. The predicted octanol–water partition coefficient (Wildman–Crippen LogP) is 0.672. The van der Waals surface area contributed by atoms with Crippen molar-refractivity contribution in [2.75, 3.05) is 19.6 Å². The third kappa shape index (κ3) is 4.10. The molecule has 2 aliphatic heterocycles. The lowest BCUT2D eigenvalue weighted by Gasteiger charge is -2.17. The van der Waals surface area contributed by atoms with Crippen molar-refractivity contribution in [3.63, 3.8) is 0 Å². The average Bonchev–Trinajstić information content (AvgIpc) is 3.11. The third-order valence-corrected chi connectivity index (χ3v) is 5.89. The van der Waals surface area contributed by atoms with Crippen LogP contribution in [-0.4, -0.2) is 49.0 Å². The van der Waals surface area contributed by atoms with Crippen LogP contribution in [0.5, 0.6) is 0 Å². The molecule has 0 aromatic heterocycles. The SMILES string of the molecule is NS(=O)(=O)C1CC(=O)N(Cc2ccc(CN3CCCC3)cc2)C1. The molecule has 1 amide bonds. The molecule has 23 heavy (non-hydrogen) atoms. The molecule has 1 aromatic rings. The summed E-state index contributed by atoms with van der Waals surface area (Å²) in [7, 11) is -3.65. The molecule has 2 heterocycles. The van der Waals surface area contributed by atoms with E-state index < -0.39 is 15.3 Å². The van der Waals surface area contributed by atoms with Crippen molar-refractivity contribution in [3.8, 4) is 0 Å². The van der Waals surface area contributed by atoms with Crippen LogP contribution in [0.3, 0.4) is 0 Å². The molecule has 0 radical (unpaired) electrons. The van der Waals surface area contributed by atoms with E-state index >= 15 is 0 Å². The molecule has 0 spiro atoms. The van der Waals surface area contributed by atoms with Crippen LogP contribution in [0.25, 0.3) is 0 Å². The van der Waals surface area contributed by atoms with E-state index in [0.717, 1.165) is 12.1 Å². The highest BCUT2D eigenvalue weighted by molar-refractivity contribution is 7.89. The molecule has 2 aliphatic rings. The first-order valence-electron chi connectivity index (χ1n) is 8.01. The second-order valence-corrected chi connectivity index (χ2v) is 8.33. The lowest BCUT2D eigenvalue weighted by molar-refractivity contribution is -0.128. The molecule has 3 rings (SSSR count). The van der Waals surface area contributed by atoms with Crippen LogP contribution in [0.1, 0.15) is 30.4 Å². The standard InChI is InChI=1S/C16H23N3O3S/c17-23(21,22)15-9-16(20)19(12-15)11-14-5-3-13(4-6-14)10-18-7-1-2-8-18/h3-6,15H,1-2,7-12H2,(H2,17,21,22). The van der Waals surface area contributed by atoms with Gasteiger partial charge in [0, 0.05) is 26.1 Å². The van der Waals surface area contributed by atoms with Gasteiger partial charge in [0.05, 0.1) is 0 Å². The number of amides is 1.